The minimum absolute atomic E-state index is 0. The van der Waals surface area contributed by atoms with E-state index in [-0.39, 0.29) is 29.9 Å². The molecule has 0 spiro atoms. The molecule has 0 unspecified atom stereocenters. The molecule has 0 aliphatic heterocycles. The van der Waals surface area contributed by atoms with E-state index in [2.05, 4.69) is 77.7 Å². The van der Waals surface area contributed by atoms with Gasteiger partial charge in [-0.05, 0) is 18.9 Å². The van der Waals surface area contributed by atoms with Crippen LogP contribution in [-0.2, 0) is 13.0 Å². The van der Waals surface area contributed by atoms with Gasteiger partial charge in [-0.1, -0.05) is 62.2 Å². The minimum Gasteiger partial charge on any atom is -0.356 e. The molecule has 0 saturated carbocycles. The molecule has 0 aliphatic carbocycles. The summed E-state index contributed by atoms with van der Waals surface area (Å²) in [7, 11) is 0. The van der Waals surface area contributed by atoms with E-state index in [4.69, 9.17) is 4.52 Å². The second kappa shape index (κ2) is 12.7. The summed E-state index contributed by atoms with van der Waals surface area (Å²) in [6.07, 6.45) is 2.95. The van der Waals surface area contributed by atoms with Crippen LogP contribution in [0.25, 0.3) is 0 Å². The van der Waals surface area contributed by atoms with Crippen molar-refractivity contribution in [3.8, 4) is 0 Å². The van der Waals surface area contributed by atoms with E-state index in [0.717, 1.165) is 31.2 Å². The fraction of sp³-hybridized carbons (Fsp3) is 0.550. The number of aromatic nitrogens is 2. The maximum Gasteiger partial charge on any atom is 0.228 e. The Hall–Kier alpha value is -1.64. The van der Waals surface area contributed by atoms with Gasteiger partial charge >= 0.3 is 0 Å². The van der Waals surface area contributed by atoms with Crippen LogP contribution in [0.2, 0.25) is 0 Å². The second-order valence-electron chi connectivity index (χ2n) is 6.81. The molecule has 0 bridgehead atoms. The molecule has 0 saturated heterocycles. The number of hydrogen-bond donors (Lipinski definition) is 2. The predicted octanol–water partition coefficient (Wildman–Crippen LogP) is 4.20. The Kier molecular flexibility index (Phi) is 11.0. The van der Waals surface area contributed by atoms with Gasteiger partial charge in [0.15, 0.2) is 11.8 Å². The molecule has 2 aromatic rings. The first-order valence-electron chi connectivity index (χ1n) is 9.48. The first kappa shape index (κ1) is 23.4. The van der Waals surface area contributed by atoms with Crippen LogP contribution >= 0.6 is 24.0 Å². The fourth-order valence-electron chi connectivity index (χ4n) is 2.31. The van der Waals surface area contributed by atoms with Gasteiger partial charge in [0.25, 0.3) is 0 Å². The standard InChI is InChI=1S/C20H31N5O.HI/c1-5-6-12-21-20(23-14-17-9-7-16(4)8-10-17)22-13-11-18-24-19(15(2)3)25-26-18;/h7-10,15H,5-6,11-14H2,1-4H3,(H2,21,22,23);1H. The van der Waals surface area contributed by atoms with Crippen LogP contribution in [0.4, 0.5) is 0 Å². The fourth-order valence-corrected chi connectivity index (χ4v) is 2.31. The number of hydrogen-bond acceptors (Lipinski definition) is 4. The van der Waals surface area contributed by atoms with Crippen LogP contribution in [0.1, 0.15) is 62.4 Å². The van der Waals surface area contributed by atoms with E-state index < -0.39 is 0 Å². The average molecular weight is 485 g/mol. The van der Waals surface area contributed by atoms with Gasteiger partial charge in [-0.2, -0.15) is 4.98 Å². The predicted molar refractivity (Wildman–Crippen MR) is 121 cm³/mol. The molecule has 0 fully saturated rings. The molecular weight excluding hydrogens is 453 g/mol. The second-order valence-corrected chi connectivity index (χ2v) is 6.81. The zero-order valence-electron chi connectivity index (χ0n) is 16.8. The highest BCUT2D eigenvalue weighted by molar-refractivity contribution is 14.0. The average Bonchev–Trinajstić information content (AvgIpc) is 3.10. The summed E-state index contributed by atoms with van der Waals surface area (Å²) < 4.78 is 5.29. The summed E-state index contributed by atoms with van der Waals surface area (Å²) in [5, 5.41) is 10.7. The Morgan fingerprint density at radius 3 is 2.48 bits per heavy atom. The van der Waals surface area contributed by atoms with Gasteiger partial charge < -0.3 is 15.2 Å². The Labute approximate surface area is 179 Å². The van der Waals surface area contributed by atoms with Gasteiger partial charge in [-0.15, -0.1) is 24.0 Å². The summed E-state index contributed by atoms with van der Waals surface area (Å²) in [6, 6.07) is 8.47. The van der Waals surface area contributed by atoms with Gasteiger partial charge in [-0.25, -0.2) is 4.99 Å². The maximum absolute atomic E-state index is 5.29. The van der Waals surface area contributed by atoms with Gasteiger partial charge in [0.1, 0.15) is 0 Å². The Bertz CT molecular complexity index is 682. The van der Waals surface area contributed by atoms with E-state index >= 15 is 0 Å². The van der Waals surface area contributed by atoms with Gasteiger partial charge in [0.05, 0.1) is 6.54 Å². The minimum atomic E-state index is 0. The third kappa shape index (κ3) is 8.73. The smallest absolute Gasteiger partial charge is 0.228 e. The van der Waals surface area contributed by atoms with Crippen LogP contribution in [0.15, 0.2) is 33.8 Å². The van der Waals surface area contributed by atoms with Crippen molar-refractivity contribution in [2.24, 2.45) is 4.99 Å². The van der Waals surface area contributed by atoms with E-state index in [1.807, 2.05) is 0 Å². The van der Waals surface area contributed by atoms with Crippen molar-refractivity contribution >= 4 is 29.9 Å². The quantitative estimate of drug-likeness (QED) is 0.241. The number of nitrogens with one attached hydrogen (secondary N) is 2. The number of unbranched alkanes of at least 4 members (excludes halogenated alkanes) is 1. The molecule has 150 valence electrons. The highest BCUT2D eigenvalue weighted by Gasteiger charge is 2.09. The topological polar surface area (TPSA) is 75.3 Å². The van der Waals surface area contributed by atoms with Crippen molar-refractivity contribution in [1.29, 1.82) is 0 Å². The molecule has 2 rings (SSSR count). The molecule has 0 aliphatic rings. The first-order valence-corrected chi connectivity index (χ1v) is 9.48. The van der Waals surface area contributed by atoms with Crippen molar-refractivity contribution in [1.82, 2.24) is 20.8 Å². The monoisotopic (exact) mass is 485 g/mol. The maximum atomic E-state index is 5.29. The molecule has 0 radical (unpaired) electrons. The third-order valence-corrected chi connectivity index (χ3v) is 3.99. The molecule has 0 amide bonds. The molecule has 0 atom stereocenters. The summed E-state index contributed by atoms with van der Waals surface area (Å²) in [5.41, 5.74) is 2.46. The number of aryl methyl sites for hydroxylation is 1. The molecular formula is C20H32IN5O. The van der Waals surface area contributed by atoms with E-state index in [1.165, 1.54) is 11.1 Å². The first-order chi connectivity index (χ1) is 12.6. The van der Waals surface area contributed by atoms with Crippen LogP contribution < -0.4 is 10.6 Å². The third-order valence-electron chi connectivity index (χ3n) is 3.99. The van der Waals surface area contributed by atoms with Crippen LogP contribution in [0, 0.1) is 6.92 Å². The van der Waals surface area contributed by atoms with Crippen molar-refractivity contribution in [3.05, 3.63) is 47.1 Å². The van der Waals surface area contributed by atoms with Crippen LogP contribution in [-0.4, -0.2) is 29.2 Å². The van der Waals surface area contributed by atoms with Gasteiger partial charge in [0, 0.05) is 25.4 Å². The number of guanidine groups is 1. The molecule has 27 heavy (non-hydrogen) atoms. The molecule has 1 heterocycles. The normalized spacial score (nSPS) is 11.4. The lowest BCUT2D eigenvalue weighted by molar-refractivity contribution is 0.371. The molecule has 7 heteroatoms. The SMILES string of the molecule is CCCCNC(=NCc1ccc(C)cc1)NCCc1nc(C(C)C)no1.I. The lowest BCUT2D eigenvalue weighted by atomic mass is 10.1. The number of halogens is 1. The lowest BCUT2D eigenvalue weighted by Crippen LogP contribution is -2.39. The Balaban J connectivity index is 0.00000364. The summed E-state index contributed by atoms with van der Waals surface area (Å²) in [6.45, 7) is 10.6. The highest BCUT2D eigenvalue weighted by Crippen LogP contribution is 2.09. The van der Waals surface area contributed by atoms with Gasteiger partial charge in [0.2, 0.25) is 5.89 Å². The molecule has 2 N–H and O–H groups in total. The van der Waals surface area contributed by atoms with Crippen LogP contribution in [0.5, 0.6) is 0 Å². The largest absolute Gasteiger partial charge is 0.356 e. The summed E-state index contributed by atoms with van der Waals surface area (Å²) in [5.74, 6) is 2.52. The zero-order valence-corrected chi connectivity index (χ0v) is 19.1. The number of benzene rings is 1. The number of nitrogens with zero attached hydrogens (tertiary/aromatic N) is 3. The summed E-state index contributed by atoms with van der Waals surface area (Å²) in [4.78, 5) is 9.09. The lowest BCUT2D eigenvalue weighted by Gasteiger charge is -2.11. The van der Waals surface area contributed by atoms with E-state index in [0.29, 0.717) is 25.4 Å². The number of rotatable bonds is 9. The van der Waals surface area contributed by atoms with Crippen molar-refractivity contribution in [2.45, 2.75) is 59.4 Å². The zero-order chi connectivity index (χ0) is 18.8. The molecule has 1 aromatic heterocycles. The Morgan fingerprint density at radius 2 is 1.85 bits per heavy atom. The summed E-state index contributed by atoms with van der Waals surface area (Å²) >= 11 is 0. The highest BCUT2D eigenvalue weighted by atomic mass is 127. The Morgan fingerprint density at radius 1 is 1.15 bits per heavy atom. The van der Waals surface area contributed by atoms with Crippen molar-refractivity contribution in [2.75, 3.05) is 13.1 Å². The van der Waals surface area contributed by atoms with Crippen LogP contribution in [0.3, 0.4) is 0 Å². The van der Waals surface area contributed by atoms with E-state index in [9.17, 15) is 0 Å². The van der Waals surface area contributed by atoms with Crippen molar-refractivity contribution in [3.63, 3.8) is 0 Å². The number of aliphatic imine (C=N–C) groups is 1. The molecule has 1 aromatic carbocycles. The van der Waals surface area contributed by atoms with E-state index in [1.54, 1.807) is 0 Å². The molecule has 6 nitrogen and oxygen atoms in total. The van der Waals surface area contributed by atoms with Gasteiger partial charge in [-0.3, -0.25) is 0 Å². The van der Waals surface area contributed by atoms with Crippen molar-refractivity contribution < 1.29 is 4.52 Å².